The van der Waals surface area contributed by atoms with E-state index < -0.39 is 0 Å². The lowest BCUT2D eigenvalue weighted by molar-refractivity contribution is 0.647. The number of aryl methyl sites for hydroxylation is 1. The molecule has 1 unspecified atom stereocenters. The molecule has 0 saturated carbocycles. The highest BCUT2D eigenvalue weighted by atomic mass is 127. The number of thiazole rings is 1. The van der Waals surface area contributed by atoms with E-state index in [1.807, 2.05) is 12.1 Å². The number of hydrogen-bond acceptors (Lipinski definition) is 5. The number of pyridine rings is 1. The fourth-order valence-corrected chi connectivity index (χ4v) is 4.02. The molecule has 0 bridgehead atoms. The number of rotatable bonds is 6. The number of hydrogen-bond donors (Lipinski definition) is 2. The molecule has 0 spiro atoms. The Bertz CT molecular complexity index is 753. The van der Waals surface area contributed by atoms with Crippen molar-refractivity contribution in [1.29, 1.82) is 0 Å². The molecule has 2 N–H and O–H groups in total. The number of aromatic nitrogens is 2. The number of nitrogens with zero attached hydrogens (tertiary/aromatic N) is 4. The molecule has 3 heterocycles. The molecule has 1 saturated heterocycles. The fraction of sp³-hybridized carbons (Fsp3) is 0.500. The zero-order valence-corrected chi connectivity index (χ0v) is 19.5. The van der Waals surface area contributed by atoms with Crippen LogP contribution in [0.4, 0.5) is 5.82 Å². The van der Waals surface area contributed by atoms with Gasteiger partial charge in [0.05, 0.1) is 15.7 Å². The van der Waals surface area contributed by atoms with Crippen molar-refractivity contribution in [3.63, 3.8) is 0 Å². The Kier molecular flexibility index (Phi) is 9.04. The van der Waals surface area contributed by atoms with Crippen molar-refractivity contribution in [3.05, 3.63) is 39.4 Å². The van der Waals surface area contributed by atoms with E-state index in [9.17, 15) is 0 Å². The maximum absolute atomic E-state index is 6.26. The third-order valence-corrected chi connectivity index (χ3v) is 5.70. The minimum atomic E-state index is 0. The van der Waals surface area contributed by atoms with Crippen molar-refractivity contribution in [2.75, 3.05) is 31.6 Å². The standard InChI is InChI=1S/C18H25ClN6S.HI/c1-3-16-23-14(12-26-16)6-9-22-18(20-2)24-13-7-10-25(11-13)17-15(19)5-4-8-21-17;/h4-5,8,12-13H,3,6-7,9-11H2,1-2H3,(H2,20,22,24);1H. The fourth-order valence-electron chi connectivity index (χ4n) is 3.00. The molecule has 2 aromatic rings. The SMILES string of the molecule is CCc1nc(CCNC(=NC)NC2CCN(c3ncccc3Cl)C2)cs1.I. The first-order valence-electron chi connectivity index (χ1n) is 8.95. The lowest BCUT2D eigenvalue weighted by Crippen LogP contribution is -2.45. The number of aliphatic imine (C=N–C) groups is 1. The smallest absolute Gasteiger partial charge is 0.191 e. The van der Waals surface area contributed by atoms with Gasteiger partial charge in [-0.15, -0.1) is 35.3 Å². The lowest BCUT2D eigenvalue weighted by atomic mass is 10.3. The molecule has 1 aliphatic rings. The highest BCUT2D eigenvalue weighted by Gasteiger charge is 2.25. The molecule has 1 aliphatic heterocycles. The second kappa shape index (κ2) is 11.0. The zero-order chi connectivity index (χ0) is 18.4. The molecule has 1 atom stereocenters. The first-order valence-corrected chi connectivity index (χ1v) is 10.2. The maximum Gasteiger partial charge on any atom is 0.191 e. The summed E-state index contributed by atoms with van der Waals surface area (Å²) in [6.45, 7) is 4.75. The van der Waals surface area contributed by atoms with Gasteiger partial charge in [0.25, 0.3) is 0 Å². The number of halogens is 2. The van der Waals surface area contributed by atoms with Gasteiger partial charge in [-0.05, 0) is 25.0 Å². The first-order chi connectivity index (χ1) is 12.7. The monoisotopic (exact) mass is 520 g/mol. The minimum absolute atomic E-state index is 0. The Morgan fingerprint density at radius 2 is 2.33 bits per heavy atom. The Hall–Kier alpha value is -1.13. The van der Waals surface area contributed by atoms with Crippen LogP contribution in [-0.4, -0.2) is 48.7 Å². The topological polar surface area (TPSA) is 65.4 Å². The van der Waals surface area contributed by atoms with Crippen LogP contribution in [0, 0.1) is 0 Å². The van der Waals surface area contributed by atoms with E-state index in [-0.39, 0.29) is 24.0 Å². The molecule has 0 amide bonds. The van der Waals surface area contributed by atoms with Crippen LogP contribution in [0.2, 0.25) is 5.02 Å². The average Bonchev–Trinajstić information content (AvgIpc) is 3.30. The number of anilines is 1. The van der Waals surface area contributed by atoms with Gasteiger partial charge in [0, 0.05) is 50.7 Å². The predicted octanol–water partition coefficient (Wildman–Crippen LogP) is 3.36. The van der Waals surface area contributed by atoms with Gasteiger partial charge in [0.15, 0.2) is 5.96 Å². The number of guanidine groups is 1. The average molecular weight is 521 g/mol. The van der Waals surface area contributed by atoms with Crippen molar-refractivity contribution in [2.24, 2.45) is 4.99 Å². The largest absolute Gasteiger partial charge is 0.356 e. The van der Waals surface area contributed by atoms with Crippen molar-refractivity contribution in [3.8, 4) is 0 Å². The van der Waals surface area contributed by atoms with Gasteiger partial charge >= 0.3 is 0 Å². The zero-order valence-electron chi connectivity index (χ0n) is 15.6. The molecular weight excluding hydrogens is 495 g/mol. The summed E-state index contributed by atoms with van der Waals surface area (Å²) in [6, 6.07) is 4.06. The molecule has 148 valence electrons. The van der Waals surface area contributed by atoms with Crippen molar-refractivity contribution < 1.29 is 0 Å². The van der Waals surface area contributed by atoms with Crippen LogP contribution < -0.4 is 15.5 Å². The summed E-state index contributed by atoms with van der Waals surface area (Å²) >= 11 is 7.99. The normalized spacial score (nSPS) is 16.9. The highest BCUT2D eigenvalue weighted by Crippen LogP contribution is 2.25. The molecule has 0 aromatic carbocycles. The van der Waals surface area contributed by atoms with Crippen molar-refractivity contribution in [1.82, 2.24) is 20.6 Å². The molecule has 9 heteroatoms. The van der Waals surface area contributed by atoms with E-state index in [4.69, 9.17) is 11.6 Å². The van der Waals surface area contributed by atoms with Gasteiger partial charge in [-0.1, -0.05) is 18.5 Å². The van der Waals surface area contributed by atoms with E-state index in [1.165, 1.54) is 5.01 Å². The van der Waals surface area contributed by atoms with Crippen molar-refractivity contribution in [2.45, 2.75) is 32.2 Å². The van der Waals surface area contributed by atoms with Gasteiger partial charge in [-0.25, -0.2) is 9.97 Å². The van der Waals surface area contributed by atoms with Gasteiger partial charge in [-0.2, -0.15) is 0 Å². The quantitative estimate of drug-likeness (QED) is 0.347. The molecule has 2 aromatic heterocycles. The van der Waals surface area contributed by atoms with Crippen LogP contribution >= 0.6 is 46.9 Å². The van der Waals surface area contributed by atoms with Crippen LogP contribution in [0.25, 0.3) is 0 Å². The summed E-state index contributed by atoms with van der Waals surface area (Å²) in [6.07, 6.45) is 4.71. The Labute approximate surface area is 186 Å². The van der Waals surface area contributed by atoms with E-state index in [2.05, 4.69) is 42.8 Å². The van der Waals surface area contributed by atoms with Crippen LogP contribution in [0.15, 0.2) is 28.7 Å². The molecule has 0 radical (unpaired) electrons. The summed E-state index contributed by atoms with van der Waals surface area (Å²) in [4.78, 5) is 15.6. The van der Waals surface area contributed by atoms with Crippen LogP contribution in [0.3, 0.4) is 0 Å². The van der Waals surface area contributed by atoms with Crippen LogP contribution in [0.5, 0.6) is 0 Å². The predicted molar refractivity (Wildman–Crippen MR) is 125 cm³/mol. The summed E-state index contributed by atoms with van der Waals surface area (Å²) in [7, 11) is 1.80. The molecule has 1 fully saturated rings. The summed E-state index contributed by atoms with van der Waals surface area (Å²) in [5, 5.41) is 10.9. The lowest BCUT2D eigenvalue weighted by Gasteiger charge is -2.20. The van der Waals surface area contributed by atoms with E-state index in [0.717, 1.165) is 56.4 Å². The van der Waals surface area contributed by atoms with E-state index in [0.29, 0.717) is 11.1 Å². The molecule has 3 rings (SSSR count). The number of nitrogens with one attached hydrogen (secondary N) is 2. The molecule has 27 heavy (non-hydrogen) atoms. The van der Waals surface area contributed by atoms with E-state index >= 15 is 0 Å². The summed E-state index contributed by atoms with van der Waals surface area (Å²) in [5.74, 6) is 1.69. The molecule has 6 nitrogen and oxygen atoms in total. The second-order valence-corrected chi connectivity index (χ2v) is 7.57. The van der Waals surface area contributed by atoms with E-state index in [1.54, 1.807) is 24.6 Å². The second-order valence-electron chi connectivity index (χ2n) is 6.22. The third kappa shape index (κ3) is 6.18. The summed E-state index contributed by atoms with van der Waals surface area (Å²) in [5.41, 5.74) is 1.15. The van der Waals surface area contributed by atoms with Gasteiger partial charge < -0.3 is 15.5 Å². The Morgan fingerprint density at radius 1 is 1.48 bits per heavy atom. The van der Waals surface area contributed by atoms with Gasteiger partial charge in [-0.3, -0.25) is 4.99 Å². The Balaban J connectivity index is 0.00000261. The highest BCUT2D eigenvalue weighted by molar-refractivity contribution is 14.0. The van der Waals surface area contributed by atoms with Gasteiger partial charge in [0.2, 0.25) is 0 Å². The minimum Gasteiger partial charge on any atom is -0.356 e. The van der Waals surface area contributed by atoms with Crippen molar-refractivity contribution >= 4 is 58.7 Å². The van der Waals surface area contributed by atoms with Crippen LogP contribution in [0.1, 0.15) is 24.0 Å². The van der Waals surface area contributed by atoms with Crippen LogP contribution in [-0.2, 0) is 12.8 Å². The third-order valence-electron chi connectivity index (χ3n) is 4.37. The maximum atomic E-state index is 6.26. The molecular formula is C18H26ClIN6S. The van der Waals surface area contributed by atoms with Gasteiger partial charge in [0.1, 0.15) is 5.82 Å². The molecule has 0 aliphatic carbocycles. The summed E-state index contributed by atoms with van der Waals surface area (Å²) < 4.78 is 0. The first kappa shape index (κ1) is 22.2. The Morgan fingerprint density at radius 3 is 3.04 bits per heavy atom.